The van der Waals surface area contributed by atoms with Crippen molar-refractivity contribution in [2.45, 2.75) is 162 Å². The summed E-state index contributed by atoms with van der Waals surface area (Å²) in [6, 6.07) is 44.1. The van der Waals surface area contributed by atoms with Crippen LogP contribution >= 0.6 is 156 Å². The lowest BCUT2D eigenvalue weighted by atomic mass is 10.1. The number of H-pyrrole nitrogens is 6. The van der Waals surface area contributed by atoms with Crippen LogP contribution in [0.2, 0.25) is 30.1 Å². The Labute approximate surface area is 822 Å². The van der Waals surface area contributed by atoms with Crippen LogP contribution in [0.25, 0.3) is 0 Å². The van der Waals surface area contributed by atoms with E-state index in [0.717, 1.165) is 154 Å². The lowest BCUT2D eigenvalue weighted by Gasteiger charge is -2.35. The van der Waals surface area contributed by atoms with Crippen LogP contribution in [0.5, 0.6) is 0 Å². The van der Waals surface area contributed by atoms with Gasteiger partial charge in [-0.3, -0.25) is 39.1 Å². The average molecular weight is 2060 g/mol. The van der Waals surface area contributed by atoms with Gasteiger partial charge < -0.3 is 55.2 Å². The van der Waals surface area contributed by atoms with E-state index in [1.165, 1.54) is 118 Å². The van der Waals surface area contributed by atoms with Gasteiger partial charge in [0.05, 0.1) is 0 Å². The third-order valence-corrected chi connectivity index (χ3v) is 27.7. The summed E-state index contributed by atoms with van der Waals surface area (Å²) in [6.07, 6.45) is 0. The van der Waals surface area contributed by atoms with E-state index in [0.29, 0.717) is 115 Å². The van der Waals surface area contributed by atoms with Crippen molar-refractivity contribution < 1.29 is 0 Å². The van der Waals surface area contributed by atoms with E-state index in [1.54, 1.807) is 32.9 Å². The predicted octanol–water partition coefficient (Wildman–Crippen LogP) is 21.0. The second-order valence-corrected chi connectivity index (χ2v) is 38.4. The van der Waals surface area contributed by atoms with Crippen molar-refractivity contribution in [2.24, 2.45) is 0 Å². The number of likely N-dealkylation sites (N-methyl/N-ethyl adjacent to an activating group) is 1. The van der Waals surface area contributed by atoms with Crippen molar-refractivity contribution in [2.75, 3.05) is 87.5 Å². The second kappa shape index (κ2) is 54.8. The van der Waals surface area contributed by atoms with Crippen LogP contribution in [0.1, 0.15) is 127 Å². The average Bonchev–Trinajstić information content (AvgIpc) is 0.955. The van der Waals surface area contributed by atoms with Crippen molar-refractivity contribution in [1.29, 1.82) is 5.41 Å². The summed E-state index contributed by atoms with van der Waals surface area (Å²) >= 11 is 49.9. The standard InChI is InChI=1S/C18H23ClN4OS.C17H21ClN4OS.C17H22ClN3OS.C16H20ClN3OS.C12H10BrClN2OS.C12H12ClN3OS/c1-3-22-6-8-23(9-7-22)15-5-4-14(16(19)11-15)12-25-18-20-13(2)10-17(24)21-18;1-4-22(5-2)16(19)12-7-6-8-14(18)13(12)10-24-17-20-11(3)9-15(23)21-17;1-4-21(5-2)10-13-6-7-15(18)14(9-13)11-23-17-19-12(3)8-16(22)20-17;1-4-20(5-2)13-7-6-12(14(17)9-13)10-22-16-18-11(3)8-15(21)19-16;1-7-4-11(17)16-12(15-7)18-6-8-5-9(13)2-3-10(8)14;1-7-4-11(17)16-12(15-7)18-6-8-2-3-9(14)5-10(8)13/h4-5,10-11H,3,6-9,12H2,1-2H3,(H,20,21,24);6-9,19H,4-5,10H2,1-3H3,(H,20,21,23);6-9H,4-5,10-11H2,1-3H3,(H,19,20,22);6-9H,4-5,10H2,1-3H3,(H,18,19,21);2-5H,6H2,1H3,(H,15,16,17);2-5H,6,14H2,1H3,(H,15,16,17). The van der Waals surface area contributed by atoms with Gasteiger partial charge in [-0.15, -0.1) is 0 Å². The van der Waals surface area contributed by atoms with E-state index >= 15 is 0 Å². The van der Waals surface area contributed by atoms with Gasteiger partial charge in [-0.2, -0.15) is 0 Å². The van der Waals surface area contributed by atoms with Crippen molar-refractivity contribution >= 4 is 179 Å². The zero-order chi connectivity index (χ0) is 94.7. The first-order chi connectivity index (χ1) is 62.1. The number of nitrogens with one attached hydrogen (secondary N) is 7. The number of benzene rings is 6. The molecule has 0 amide bonds. The Morgan fingerprint density at radius 1 is 0.400 bits per heavy atom. The second-order valence-electron chi connectivity index (χ2n) is 29.3. The summed E-state index contributed by atoms with van der Waals surface area (Å²) in [5.74, 6) is 4.31. The number of thioether (sulfide) groups is 6. The number of halogens is 7. The normalized spacial score (nSPS) is 11.7. The third kappa shape index (κ3) is 35.9. The molecule has 0 spiro atoms. The lowest BCUT2D eigenvalue weighted by Crippen LogP contribution is -2.46. The Kier molecular flexibility index (Phi) is 45.1. The van der Waals surface area contributed by atoms with Gasteiger partial charge in [-0.25, -0.2) is 29.9 Å². The minimum Gasteiger partial charge on any atom is -0.399 e. The molecule has 0 atom stereocenters. The number of amidine groups is 1. The Morgan fingerprint density at radius 3 is 1.15 bits per heavy atom. The molecule has 1 aliphatic heterocycles. The summed E-state index contributed by atoms with van der Waals surface area (Å²) < 4.78 is 0.980. The monoisotopic (exact) mass is 2060 g/mol. The van der Waals surface area contributed by atoms with Crippen LogP contribution in [-0.4, -0.2) is 152 Å². The SMILES string of the molecule is CCN(CC)C(=N)c1cccc(Cl)c1CSc1nc(C)cc(=O)[nH]1.CCN(CC)Cc1ccc(Cl)c(CSc2nc(C)cc(=O)[nH]2)c1.CCN(CC)c1ccc(CSc2nc(C)cc(=O)[nH]2)c(Cl)c1.CCN1CCN(c2ccc(CSc3nc(C)cc(=O)[nH]3)c(Cl)c2)CC1.Cc1cc(=O)[nH]c(SCc2cc(Br)ccc2Cl)n1.Cc1cc(=O)[nH]c(SCc2ccc(N)cc2Cl)n1. The molecular formula is C92H108BrCl6N19O6S6. The maximum absolute atomic E-state index is 11.6. The van der Waals surface area contributed by atoms with Crippen LogP contribution < -0.4 is 48.9 Å². The van der Waals surface area contributed by atoms with Gasteiger partial charge in [0.25, 0.3) is 33.4 Å². The minimum atomic E-state index is -0.166. The molecule has 1 saturated heterocycles. The molecule has 25 nitrogen and oxygen atoms in total. The van der Waals surface area contributed by atoms with Crippen LogP contribution in [0.3, 0.4) is 0 Å². The number of aromatic amines is 6. The first-order valence-corrected chi connectivity index (χ1v) is 50.7. The molecular weight excluding hydrogens is 1950 g/mol. The molecule has 6 aromatic heterocycles. The van der Waals surface area contributed by atoms with E-state index in [2.05, 4.69) is 160 Å². The smallest absolute Gasteiger partial charge is 0.251 e. The highest BCUT2D eigenvalue weighted by atomic mass is 79.9. The van der Waals surface area contributed by atoms with Crippen molar-refractivity contribution in [1.82, 2.24) is 74.5 Å². The zero-order valence-corrected chi connectivity index (χ0v) is 85.6. The zero-order valence-electron chi connectivity index (χ0n) is 74.6. The molecule has 6 aromatic carbocycles. The molecule has 0 bridgehead atoms. The highest BCUT2D eigenvalue weighted by molar-refractivity contribution is 9.10. The van der Waals surface area contributed by atoms with Gasteiger partial charge >= 0.3 is 0 Å². The molecule has 1 fully saturated rings. The van der Waals surface area contributed by atoms with E-state index in [-0.39, 0.29) is 33.4 Å². The molecule has 692 valence electrons. The number of nitrogens with two attached hydrogens (primary N) is 1. The van der Waals surface area contributed by atoms with Gasteiger partial charge in [-0.1, -0.05) is 219 Å². The van der Waals surface area contributed by atoms with Gasteiger partial charge in [0, 0.05) is 221 Å². The topological polar surface area (TPSA) is 341 Å². The number of hydrogen-bond donors (Lipinski definition) is 8. The molecule has 130 heavy (non-hydrogen) atoms. The Bertz CT molecular complexity index is 6130. The molecule has 0 radical (unpaired) electrons. The molecule has 12 aromatic rings. The maximum Gasteiger partial charge on any atom is 0.251 e. The maximum atomic E-state index is 11.6. The minimum absolute atomic E-state index is 0.123. The molecule has 0 unspecified atom stereocenters. The fraction of sp³-hybridized carbons (Fsp3) is 0.337. The number of piperazine rings is 1. The van der Waals surface area contributed by atoms with E-state index in [9.17, 15) is 28.8 Å². The Balaban J connectivity index is 0.000000193. The summed E-state index contributed by atoms with van der Waals surface area (Å²) in [6.45, 7) is 37.4. The Hall–Kier alpha value is -8.29. The Morgan fingerprint density at radius 2 is 0.777 bits per heavy atom. The van der Waals surface area contributed by atoms with Crippen LogP contribution in [-0.2, 0) is 41.1 Å². The van der Waals surface area contributed by atoms with Gasteiger partial charge in [-0.05, 0) is 195 Å². The van der Waals surface area contributed by atoms with Crippen LogP contribution in [0.15, 0.2) is 210 Å². The fourth-order valence-electron chi connectivity index (χ4n) is 12.7. The molecule has 0 aliphatic carbocycles. The molecule has 0 saturated carbocycles. The molecule has 13 rings (SSSR count). The number of aromatic nitrogens is 12. The van der Waals surface area contributed by atoms with Crippen LogP contribution in [0.4, 0.5) is 17.1 Å². The first kappa shape index (κ1) is 107. The molecule has 7 heterocycles. The van der Waals surface area contributed by atoms with Gasteiger partial charge in [0.1, 0.15) is 5.84 Å². The number of anilines is 3. The van der Waals surface area contributed by atoms with Crippen molar-refractivity contribution in [3.63, 3.8) is 0 Å². The summed E-state index contributed by atoms with van der Waals surface area (Å²) in [5.41, 5.74) is 20.0. The molecule has 1 aliphatic rings. The fourth-order valence-corrected chi connectivity index (χ4v) is 20.5. The molecule has 38 heteroatoms. The number of nitrogen functional groups attached to an aromatic ring is 1. The molecule has 9 N–H and O–H groups in total. The van der Waals surface area contributed by atoms with E-state index < -0.39 is 0 Å². The van der Waals surface area contributed by atoms with Gasteiger partial charge in [0.2, 0.25) is 0 Å². The van der Waals surface area contributed by atoms with E-state index in [4.69, 9.17) is 80.7 Å². The summed E-state index contributed by atoms with van der Waals surface area (Å²) in [7, 11) is 0. The van der Waals surface area contributed by atoms with Gasteiger partial charge in [0.15, 0.2) is 30.9 Å². The van der Waals surface area contributed by atoms with Crippen molar-refractivity contribution in [3.8, 4) is 0 Å². The van der Waals surface area contributed by atoms with Crippen molar-refractivity contribution in [3.05, 3.63) is 321 Å². The number of nitrogens with zero attached hydrogens (tertiary/aromatic N) is 11. The lowest BCUT2D eigenvalue weighted by molar-refractivity contribution is 0.271. The van der Waals surface area contributed by atoms with E-state index in [1.807, 2.05) is 106 Å². The highest BCUT2D eigenvalue weighted by Crippen LogP contribution is 2.35. The number of hydrogen-bond acceptors (Lipinski definition) is 24. The largest absolute Gasteiger partial charge is 0.399 e. The number of rotatable bonds is 30. The summed E-state index contributed by atoms with van der Waals surface area (Å²) in [5, 5.41) is 16.3. The first-order valence-electron chi connectivity index (χ1n) is 41.8. The summed E-state index contributed by atoms with van der Waals surface area (Å²) in [4.78, 5) is 122. The number of aryl methyl sites for hydroxylation is 6. The third-order valence-electron chi connectivity index (χ3n) is 19.6. The van der Waals surface area contributed by atoms with Crippen LogP contribution in [0, 0.1) is 47.0 Å². The quantitative estimate of drug-likeness (QED) is 0.00681. The predicted molar refractivity (Wildman–Crippen MR) is 550 cm³/mol. The highest BCUT2D eigenvalue weighted by Gasteiger charge is 2.20.